The van der Waals surface area contributed by atoms with Crippen molar-refractivity contribution in [2.45, 2.75) is 6.92 Å². The van der Waals surface area contributed by atoms with Gasteiger partial charge in [-0.3, -0.25) is 0 Å². The standard InChI is InChI=1S/C31H23N/c1-22-11-9-14-24(21-22)32(23-12-3-2-4-13-23)30-20-10-19-29-27-16-6-5-15-25(27)26-17-7-8-18-28(26)31(29)30/h2-21H,1H3. The van der Waals surface area contributed by atoms with Crippen LogP contribution in [0.25, 0.3) is 32.3 Å². The topological polar surface area (TPSA) is 3.24 Å². The molecule has 0 aromatic heterocycles. The third-order valence-corrected chi connectivity index (χ3v) is 6.26. The summed E-state index contributed by atoms with van der Waals surface area (Å²) in [4.78, 5) is 2.39. The summed E-state index contributed by atoms with van der Waals surface area (Å²) in [5, 5.41) is 7.73. The van der Waals surface area contributed by atoms with Gasteiger partial charge in [0.1, 0.15) is 0 Å². The number of hydrogen-bond acceptors (Lipinski definition) is 1. The van der Waals surface area contributed by atoms with Crippen LogP contribution in [0, 0.1) is 6.92 Å². The fourth-order valence-electron chi connectivity index (χ4n) is 4.89. The fraction of sp³-hybridized carbons (Fsp3) is 0.0323. The second kappa shape index (κ2) is 7.55. The van der Waals surface area contributed by atoms with E-state index in [1.54, 1.807) is 0 Å². The Balaban J connectivity index is 1.78. The maximum atomic E-state index is 2.39. The van der Waals surface area contributed by atoms with Gasteiger partial charge in [-0.05, 0) is 69.8 Å². The van der Waals surface area contributed by atoms with E-state index in [0.717, 1.165) is 5.69 Å². The molecule has 0 radical (unpaired) electrons. The molecule has 1 heteroatoms. The van der Waals surface area contributed by atoms with Crippen LogP contribution in [0.4, 0.5) is 17.1 Å². The van der Waals surface area contributed by atoms with Crippen molar-refractivity contribution in [3.8, 4) is 0 Å². The van der Waals surface area contributed by atoms with Crippen LogP contribution >= 0.6 is 0 Å². The van der Waals surface area contributed by atoms with Crippen LogP contribution < -0.4 is 4.90 Å². The number of benzene rings is 6. The van der Waals surface area contributed by atoms with E-state index in [2.05, 4.69) is 133 Å². The molecule has 152 valence electrons. The van der Waals surface area contributed by atoms with Crippen LogP contribution in [0.5, 0.6) is 0 Å². The quantitative estimate of drug-likeness (QED) is 0.264. The average molecular weight is 410 g/mol. The van der Waals surface area contributed by atoms with Gasteiger partial charge >= 0.3 is 0 Å². The number of aryl methyl sites for hydroxylation is 1. The lowest BCUT2D eigenvalue weighted by Gasteiger charge is -2.28. The van der Waals surface area contributed by atoms with Crippen molar-refractivity contribution in [1.29, 1.82) is 0 Å². The summed E-state index contributed by atoms with van der Waals surface area (Å²) in [6.07, 6.45) is 0. The van der Waals surface area contributed by atoms with Gasteiger partial charge in [0.2, 0.25) is 0 Å². The molecule has 0 aliphatic rings. The number of fused-ring (bicyclic) bond motifs is 6. The van der Waals surface area contributed by atoms with E-state index in [0.29, 0.717) is 0 Å². The van der Waals surface area contributed by atoms with Crippen LogP contribution in [0.15, 0.2) is 121 Å². The van der Waals surface area contributed by atoms with Gasteiger partial charge in [-0.1, -0.05) is 91.0 Å². The highest BCUT2D eigenvalue weighted by molar-refractivity contribution is 6.28. The minimum absolute atomic E-state index is 1.16. The van der Waals surface area contributed by atoms with E-state index in [1.165, 1.54) is 49.3 Å². The van der Waals surface area contributed by atoms with Crippen molar-refractivity contribution in [3.63, 3.8) is 0 Å². The van der Waals surface area contributed by atoms with Crippen molar-refractivity contribution in [1.82, 2.24) is 0 Å². The first-order chi connectivity index (χ1) is 15.8. The molecule has 0 atom stereocenters. The summed E-state index contributed by atoms with van der Waals surface area (Å²) >= 11 is 0. The van der Waals surface area contributed by atoms with Gasteiger partial charge in [0.25, 0.3) is 0 Å². The van der Waals surface area contributed by atoms with Crippen molar-refractivity contribution >= 4 is 49.4 Å². The smallest absolute Gasteiger partial charge is 0.0546 e. The molecule has 0 aliphatic carbocycles. The summed E-state index contributed by atoms with van der Waals surface area (Å²) < 4.78 is 0. The summed E-state index contributed by atoms with van der Waals surface area (Å²) in [6, 6.07) is 43.6. The van der Waals surface area contributed by atoms with E-state index in [-0.39, 0.29) is 0 Å². The number of para-hydroxylation sites is 1. The SMILES string of the molecule is Cc1cccc(N(c2ccccc2)c2cccc3c4ccccc4c4ccccc4c23)c1. The molecular weight excluding hydrogens is 386 g/mol. The lowest BCUT2D eigenvalue weighted by molar-refractivity contribution is 1.28. The predicted molar refractivity (Wildman–Crippen MR) is 138 cm³/mol. The van der Waals surface area contributed by atoms with E-state index >= 15 is 0 Å². The molecule has 0 aliphatic heterocycles. The third-order valence-electron chi connectivity index (χ3n) is 6.26. The van der Waals surface area contributed by atoms with Crippen molar-refractivity contribution < 1.29 is 0 Å². The minimum Gasteiger partial charge on any atom is -0.310 e. The van der Waals surface area contributed by atoms with Crippen LogP contribution in [-0.2, 0) is 0 Å². The molecule has 6 rings (SSSR count). The van der Waals surface area contributed by atoms with Crippen molar-refractivity contribution in [2.75, 3.05) is 4.90 Å². The average Bonchev–Trinajstić information content (AvgIpc) is 2.85. The highest BCUT2D eigenvalue weighted by Gasteiger charge is 2.18. The van der Waals surface area contributed by atoms with Gasteiger partial charge < -0.3 is 4.90 Å². The molecule has 0 unspecified atom stereocenters. The molecule has 0 saturated carbocycles. The van der Waals surface area contributed by atoms with Gasteiger partial charge in [0, 0.05) is 16.8 Å². The minimum atomic E-state index is 1.16. The van der Waals surface area contributed by atoms with Crippen LogP contribution in [0.1, 0.15) is 5.56 Å². The zero-order valence-electron chi connectivity index (χ0n) is 18.0. The van der Waals surface area contributed by atoms with E-state index < -0.39 is 0 Å². The maximum Gasteiger partial charge on any atom is 0.0546 e. The van der Waals surface area contributed by atoms with E-state index in [9.17, 15) is 0 Å². The number of hydrogen-bond donors (Lipinski definition) is 0. The summed E-state index contributed by atoms with van der Waals surface area (Å²) in [7, 11) is 0. The first-order valence-electron chi connectivity index (χ1n) is 11.1. The maximum absolute atomic E-state index is 2.39. The number of anilines is 3. The Morgan fingerprint density at radius 2 is 0.938 bits per heavy atom. The molecule has 6 aromatic carbocycles. The Hall–Kier alpha value is -4.10. The zero-order chi connectivity index (χ0) is 21.5. The van der Waals surface area contributed by atoms with Crippen molar-refractivity contribution in [3.05, 3.63) is 127 Å². The Bertz CT molecular complexity index is 1540. The Morgan fingerprint density at radius 3 is 1.59 bits per heavy atom. The highest BCUT2D eigenvalue weighted by atomic mass is 15.1. The normalized spacial score (nSPS) is 11.3. The van der Waals surface area contributed by atoms with Gasteiger partial charge in [-0.25, -0.2) is 0 Å². The second-order valence-electron chi connectivity index (χ2n) is 8.30. The predicted octanol–water partition coefficient (Wildman–Crippen LogP) is 8.92. The molecule has 0 saturated heterocycles. The van der Waals surface area contributed by atoms with Gasteiger partial charge in [-0.15, -0.1) is 0 Å². The number of nitrogens with zero attached hydrogens (tertiary/aromatic N) is 1. The van der Waals surface area contributed by atoms with Crippen LogP contribution in [0.2, 0.25) is 0 Å². The van der Waals surface area contributed by atoms with E-state index in [1.807, 2.05) is 0 Å². The van der Waals surface area contributed by atoms with Gasteiger partial charge in [-0.2, -0.15) is 0 Å². The first kappa shape index (κ1) is 18.7. The summed E-state index contributed by atoms with van der Waals surface area (Å²) in [5.41, 5.74) is 4.77. The second-order valence-corrected chi connectivity index (χ2v) is 8.30. The van der Waals surface area contributed by atoms with Crippen LogP contribution in [-0.4, -0.2) is 0 Å². The summed E-state index contributed by atoms with van der Waals surface area (Å²) in [6.45, 7) is 2.15. The van der Waals surface area contributed by atoms with E-state index in [4.69, 9.17) is 0 Å². The monoisotopic (exact) mass is 409 g/mol. The molecule has 32 heavy (non-hydrogen) atoms. The lowest BCUT2D eigenvalue weighted by Crippen LogP contribution is -2.10. The molecule has 0 fully saturated rings. The zero-order valence-corrected chi connectivity index (χ0v) is 18.0. The Morgan fingerprint density at radius 1 is 0.438 bits per heavy atom. The van der Waals surface area contributed by atoms with Crippen molar-refractivity contribution in [2.24, 2.45) is 0 Å². The highest BCUT2D eigenvalue weighted by Crippen LogP contribution is 2.44. The molecule has 1 nitrogen and oxygen atoms in total. The van der Waals surface area contributed by atoms with Gasteiger partial charge in [0.15, 0.2) is 0 Å². The van der Waals surface area contributed by atoms with Crippen LogP contribution in [0.3, 0.4) is 0 Å². The Kier molecular flexibility index (Phi) is 4.40. The molecule has 0 N–H and O–H groups in total. The largest absolute Gasteiger partial charge is 0.310 e. The van der Waals surface area contributed by atoms with Gasteiger partial charge in [0.05, 0.1) is 5.69 Å². The first-order valence-corrected chi connectivity index (χ1v) is 11.1. The molecule has 6 aromatic rings. The fourth-order valence-corrected chi connectivity index (χ4v) is 4.89. The molecular formula is C31H23N. The molecule has 0 heterocycles. The number of rotatable bonds is 3. The summed E-state index contributed by atoms with van der Waals surface area (Å²) in [5.74, 6) is 0. The molecule has 0 amide bonds. The third kappa shape index (κ3) is 2.94. The molecule has 0 spiro atoms. The molecule has 0 bridgehead atoms. The lowest BCUT2D eigenvalue weighted by atomic mass is 9.93. The Labute approximate surface area is 188 Å².